The fourth-order valence-corrected chi connectivity index (χ4v) is 2.64. The number of likely N-dealkylation sites (tertiary alicyclic amines) is 1. The maximum Gasteiger partial charge on any atom is 0.0537 e. The first-order valence-electron chi connectivity index (χ1n) is 7.11. The molecule has 1 saturated heterocycles. The Balaban J connectivity index is 0.00000180. The molecule has 0 amide bonds. The minimum absolute atomic E-state index is 0. The lowest BCUT2D eigenvalue weighted by Gasteiger charge is -2.31. The lowest BCUT2D eigenvalue weighted by molar-refractivity contribution is 0.175. The largest absolute Gasteiger partial charge is 0.317 e. The summed E-state index contributed by atoms with van der Waals surface area (Å²) in [5, 5.41) is 7.78. The van der Waals surface area contributed by atoms with Gasteiger partial charge >= 0.3 is 0 Å². The molecule has 1 N–H and O–H groups in total. The van der Waals surface area contributed by atoms with Crippen LogP contribution in [0.15, 0.2) is 6.20 Å². The van der Waals surface area contributed by atoms with Crippen LogP contribution in [-0.2, 0) is 13.6 Å². The van der Waals surface area contributed by atoms with Crippen LogP contribution in [0.4, 0.5) is 0 Å². The highest BCUT2D eigenvalue weighted by molar-refractivity contribution is 5.85. The zero-order valence-corrected chi connectivity index (χ0v) is 13.2. The summed E-state index contributed by atoms with van der Waals surface area (Å²) in [6.45, 7) is 10.1. The Kier molecular flexibility index (Phi) is 6.83. The smallest absolute Gasteiger partial charge is 0.0537 e. The molecule has 0 unspecified atom stereocenters. The van der Waals surface area contributed by atoms with Crippen LogP contribution in [0.25, 0.3) is 0 Å². The predicted molar refractivity (Wildman–Crippen MR) is 81.7 cm³/mol. The molecule has 1 aromatic heterocycles. The van der Waals surface area contributed by atoms with Crippen molar-refractivity contribution in [3.8, 4) is 0 Å². The van der Waals surface area contributed by atoms with Gasteiger partial charge in [0.05, 0.1) is 6.20 Å². The van der Waals surface area contributed by atoms with Crippen molar-refractivity contribution in [2.45, 2.75) is 33.2 Å². The zero-order chi connectivity index (χ0) is 13.0. The lowest BCUT2D eigenvalue weighted by atomic mass is 9.96. The third-order valence-electron chi connectivity index (χ3n) is 4.12. The minimum atomic E-state index is 0. The number of aromatic nitrogens is 2. The number of aryl methyl sites for hydroxylation is 1. The Hall–Kier alpha value is -0.580. The quantitative estimate of drug-likeness (QED) is 0.898. The molecule has 2 heterocycles. The van der Waals surface area contributed by atoms with Crippen molar-refractivity contribution in [2.75, 3.05) is 26.2 Å². The van der Waals surface area contributed by atoms with E-state index in [-0.39, 0.29) is 12.4 Å². The zero-order valence-electron chi connectivity index (χ0n) is 12.4. The number of hydrogen-bond acceptors (Lipinski definition) is 3. The van der Waals surface area contributed by atoms with Gasteiger partial charge in [-0.15, -0.1) is 12.4 Å². The van der Waals surface area contributed by atoms with Gasteiger partial charge in [0, 0.05) is 24.8 Å². The van der Waals surface area contributed by atoms with Crippen LogP contribution >= 0.6 is 12.4 Å². The molecule has 0 spiro atoms. The summed E-state index contributed by atoms with van der Waals surface area (Å²) in [7, 11) is 2.02. The fourth-order valence-electron chi connectivity index (χ4n) is 2.64. The first-order valence-corrected chi connectivity index (χ1v) is 7.11. The van der Waals surface area contributed by atoms with E-state index in [1.54, 1.807) is 0 Å². The molecule has 0 radical (unpaired) electrons. The number of piperidine rings is 1. The van der Waals surface area contributed by atoms with E-state index in [9.17, 15) is 0 Å². The number of hydrogen-bond donors (Lipinski definition) is 1. The molecule has 1 aromatic rings. The summed E-state index contributed by atoms with van der Waals surface area (Å²) >= 11 is 0. The summed E-state index contributed by atoms with van der Waals surface area (Å²) in [4.78, 5) is 2.56. The molecule has 1 aliphatic rings. The second kappa shape index (κ2) is 7.88. The molecule has 1 aliphatic heterocycles. The SMILES string of the molecule is CCNCC1CCN(Cc2cnn(C)c2C)CC1.Cl. The number of nitrogens with zero attached hydrogens (tertiary/aromatic N) is 3. The molecule has 0 aliphatic carbocycles. The molecule has 1 fully saturated rings. The summed E-state index contributed by atoms with van der Waals surface area (Å²) < 4.78 is 1.97. The molecule has 110 valence electrons. The third-order valence-corrected chi connectivity index (χ3v) is 4.12. The van der Waals surface area contributed by atoms with E-state index < -0.39 is 0 Å². The van der Waals surface area contributed by atoms with Crippen molar-refractivity contribution in [3.05, 3.63) is 17.5 Å². The van der Waals surface area contributed by atoms with Gasteiger partial charge in [0.25, 0.3) is 0 Å². The van der Waals surface area contributed by atoms with E-state index in [1.807, 2.05) is 17.9 Å². The topological polar surface area (TPSA) is 33.1 Å². The van der Waals surface area contributed by atoms with Gasteiger partial charge in [0.1, 0.15) is 0 Å². The second-order valence-electron chi connectivity index (χ2n) is 5.41. The molecule has 4 nitrogen and oxygen atoms in total. The average molecular weight is 287 g/mol. The molecule has 0 atom stereocenters. The van der Waals surface area contributed by atoms with Crippen LogP contribution in [-0.4, -0.2) is 40.9 Å². The Morgan fingerprint density at radius 2 is 2.05 bits per heavy atom. The molecule has 0 bridgehead atoms. The summed E-state index contributed by atoms with van der Waals surface area (Å²) in [6, 6.07) is 0. The van der Waals surface area contributed by atoms with Gasteiger partial charge < -0.3 is 5.32 Å². The van der Waals surface area contributed by atoms with Crippen LogP contribution in [0, 0.1) is 12.8 Å². The normalized spacial score (nSPS) is 17.4. The van der Waals surface area contributed by atoms with Gasteiger partial charge in [-0.3, -0.25) is 9.58 Å². The van der Waals surface area contributed by atoms with E-state index in [0.717, 1.165) is 19.0 Å². The highest BCUT2D eigenvalue weighted by atomic mass is 35.5. The van der Waals surface area contributed by atoms with Crippen molar-refractivity contribution >= 4 is 12.4 Å². The second-order valence-corrected chi connectivity index (χ2v) is 5.41. The fraction of sp³-hybridized carbons (Fsp3) is 0.786. The third kappa shape index (κ3) is 4.48. The number of nitrogens with one attached hydrogen (secondary N) is 1. The molecular weight excluding hydrogens is 260 g/mol. The molecule has 19 heavy (non-hydrogen) atoms. The highest BCUT2D eigenvalue weighted by Gasteiger charge is 2.19. The van der Waals surface area contributed by atoms with Gasteiger partial charge in [-0.05, 0) is 51.9 Å². The summed E-state index contributed by atoms with van der Waals surface area (Å²) in [5.74, 6) is 0.871. The van der Waals surface area contributed by atoms with Crippen molar-refractivity contribution in [3.63, 3.8) is 0 Å². The molecule has 5 heteroatoms. The summed E-state index contributed by atoms with van der Waals surface area (Å²) in [6.07, 6.45) is 4.67. The van der Waals surface area contributed by atoms with Gasteiger partial charge in [0.2, 0.25) is 0 Å². The molecule has 0 aromatic carbocycles. The average Bonchev–Trinajstić information content (AvgIpc) is 2.70. The first kappa shape index (κ1) is 16.5. The summed E-state index contributed by atoms with van der Waals surface area (Å²) in [5.41, 5.74) is 2.67. The lowest BCUT2D eigenvalue weighted by Crippen LogP contribution is -2.36. The van der Waals surface area contributed by atoms with Crippen LogP contribution < -0.4 is 5.32 Å². The molecular formula is C14H27ClN4. The van der Waals surface area contributed by atoms with Crippen LogP contribution in [0.5, 0.6) is 0 Å². The maximum absolute atomic E-state index is 4.32. The van der Waals surface area contributed by atoms with Crippen molar-refractivity contribution < 1.29 is 0 Å². The standard InChI is InChI=1S/C14H26N4.ClH/c1-4-15-9-13-5-7-18(8-6-13)11-14-10-16-17(3)12(14)2;/h10,13,15H,4-9,11H2,1-3H3;1H. The van der Waals surface area contributed by atoms with Gasteiger partial charge in [-0.1, -0.05) is 6.92 Å². The molecule has 2 rings (SSSR count). The number of halogens is 1. The van der Waals surface area contributed by atoms with Gasteiger partial charge in [-0.25, -0.2) is 0 Å². The Labute approximate surface area is 123 Å². The van der Waals surface area contributed by atoms with E-state index in [2.05, 4.69) is 29.2 Å². The van der Waals surface area contributed by atoms with Crippen molar-refractivity contribution in [1.29, 1.82) is 0 Å². The van der Waals surface area contributed by atoms with Crippen LogP contribution in [0.1, 0.15) is 31.0 Å². The Bertz CT molecular complexity index is 370. The van der Waals surface area contributed by atoms with E-state index in [4.69, 9.17) is 0 Å². The Morgan fingerprint density at radius 3 is 2.58 bits per heavy atom. The maximum atomic E-state index is 4.32. The minimum Gasteiger partial charge on any atom is -0.317 e. The van der Waals surface area contributed by atoms with Crippen molar-refractivity contribution in [1.82, 2.24) is 20.0 Å². The predicted octanol–water partition coefficient (Wildman–Crippen LogP) is 1.97. The molecule has 0 saturated carbocycles. The van der Waals surface area contributed by atoms with E-state index in [1.165, 1.54) is 43.7 Å². The van der Waals surface area contributed by atoms with Crippen molar-refractivity contribution in [2.24, 2.45) is 13.0 Å². The van der Waals surface area contributed by atoms with E-state index in [0.29, 0.717) is 0 Å². The van der Waals surface area contributed by atoms with Crippen LogP contribution in [0.2, 0.25) is 0 Å². The number of rotatable bonds is 5. The monoisotopic (exact) mass is 286 g/mol. The first-order chi connectivity index (χ1) is 8.70. The highest BCUT2D eigenvalue weighted by Crippen LogP contribution is 2.19. The Morgan fingerprint density at radius 1 is 1.37 bits per heavy atom. The van der Waals surface area contributed by atoms with Gasteiger partial charge in [-0.2, -0.15) is 5.10 Å². The van der Waals surface area contributed by atoms with Crippen LogP contribution in [0.3, 0.4) is 0 Å². The van der Waals surface area contributed by atoms with Gasteiger partial charge in [0.15, 0.2) is 0 Å². The van der Waals surface area contributed by atoms with E-state index >= 15 is 0 Å².